The summed E-state index contributed by atoms with van der Waals surface area (Å²) in [6.07, 6.45) is 2.60. The molecule has 124 valence electrons. The minimum absolute atomic E-state index is 0.00138. The molecule has 1 heterocycles. The number of anilines is 1. The van der Waals surface area contributed by atoms with Crippen molar-refractivity contribution in [3.05, 3.63) is 42.4 Å². The quantitative estimate of drug-likeness (QED) is 0.787. The van der Waals surface area contributed by atoms with E-state index < -0.39 is 15.9 Å². The molecular formula is C15H18N2O5S. The van der Waals surface area contributed by atoms with E-state index in [9.17, 15) is 18.3 Å². The Morgan fingerprint density at radius 3 is 2.52 bits per heavy atom. The SMILES string of the molecule is CCN(CC)S(=O)(=O)c1ccc(O)c(NC(=O)c2ccoc2)c1. The zero-order valence-electron chi connectivity index (χ0n) is 12.8. The molecule has 23 heavy (non-hydrogen) atoms. The number of phenols is 1. The smallest absolute Gasteiger partial charge is 0.259 e. The normalized spacial score (nSPS) is 11.6. The average Bonchev–Trinajstić information content (AvgIpc) is 3.04. The number of nitrogens with one attached hydrogen (secondary N) is 1. The molecule has 0 bridgehead atoms. The summed E-state index contributed by atoms with van der Waals surface area (Å²) < 4.78 is 31.1. The first-order valence-electron chi connectivity index (χ1n) is 7.06. The highest BCUT2D eigenvalue weighted by Gasteiger charge is 2.23. The van der Waals surface area contributed by atoms with Crippen LogP contribution in [0.15, 0.2) is 46.1 Å². The number of carbonyl (C=O) groups excluding carboxylic acids is 1. The second-order valence-corrected chi connectivity index (χ2v) is 6.67. The molecule has 2 N–H and O–H groups in total. The van der Waals surface area contributed by atoms with Crippen molar-refractivity contribution in [3.8, 4) is 5.75 Å². The van der Waals surface area contributed by atoms with Gasteiger partial charge in [0, 0.05) is 13.1 Å². The van der Waals surface area contributed by atoms with E-state index in [0.29, 0.717) is 13.1 Å². The van der Waals surface area contributed by atoms with Gasteiger partial charge in [0.15, 0.2) is 0 Å². The van der Waals surface area contributed by atoms with Crippen molar-refractivity contribution in [2.24, 2.45) is 0 Å². The van der Waals surface area contributed by atoms with Crippen LogP contribution in [0.3, 0.4) is 0 Å². The molecule has 0 unspecified atom stereocenters. The van der Waals surface area contributed by atoms with Crippen LogP contribution in [-0.2, 0) is 10.0 Å². The van der Waals surface area contributed by atoms with Gasteiger partial charge in [0.2, 0.25) is 10.0 Å². The number of benzene rings is 1. The Labute approximate surface area is 134 Å². The van der Waals surface area contributed by atoms with Crippen LogP contribution >= 0.6 is 0 Å². The highest BCUT2D eigenvalue weighted by Crippen LogP contribution is 2.28. The van der Waals surface area contributed by atoms with Gasteiger partial charge in [-0.1, -0.05) is 13.8 Å². The number of aromatic hydroxyl groups is 1. The first kappa shape index (κ1) is 17.0. The van der Waals surface area contributed by atoms with Gasteiger partial charge in [-0.15, -0.1) is 0 Å². The van der Waals surface area contributed by atoms with Crippen molar-refractivity contribution >= 4 is 21.6 Å². The summed E-state index contributed by atoms with van der Waals surface area (Å²) in [5, 5.41) is 12.3. The number of furan rings is 1. The molecule has 8 heteroatoms. The fourth-order valence-electron chi connectivity index (χ4n) is 2.08. The third-order valence-electron chi connectivity index (χ3n) is 3.34. The van der Waals surface area contributed by atoms with E-state index >= 15 is 0 Å². The Morgan fingerprint density at radius 1 is 1.26 bits per heavy atom. The largest absolute Gasteiger partial charge is 0.506 e. The number of carbonyl (C=O) groups is 1. The molecule has 0 saturated heterocycles. The van der Waals surface area contributed by atoms with Crippen LogP contribution in [0.4, 0.5) is 5.69 Å². The van der Waals surface area contributed by atoms with Crippen molar-refractivity contribution in [1.82, 2.24) is 4.31 Å². The van der Waals surface area contributed by atoms with Crippen molar-refractivity contribution < 1.29 is 22.7 Å². The summed E-state index contributed by atoms with van der Waals surface area (Å²) in [5.41, 5.74) is 0.283. The van der Waals surface area contributed by atoms with E-state index in [1.807, 2.05) is 0 Å². The Bertz CT molecular complexity index is 780. The van der Waals surface area contributed by atoms with Crippen molar-refractivity contribution in [2.75, 3.05) is 18.4 Å². The molecular weight excluding hydrogens is 320 g/mol. The van der Waals surface area contributed by atoms with Crippen molar-refractivity contribution in [1.29, 1.82) is 0 Å². The molecule has 0 saturated carbocycles. The lowest BCUT2D eigenvalue weighted by Crippen LogP contribution is -2.30. The van der Waals surface area contributed by atoms with Gasteiger partial charge in [-0.3, -0.25) is 4.79 Å². The maximum absolute atomic E-state index is 12.5. The standard InChI is InChI=1S/C15H18N2O5S/c1-3-17(4-2)23(20,21)12-5-6-14(18)13(9-12)16-15(19)11-7-8-22-10-11/h5-10,18H,3-4H2,1-2H3,(H,16,19). The van der Waals surface area contributed by atoms with E-state index in [-0.39, 0.29) is 21.9 Å². The van der Waals surface area contributed by atoms with Crippen LogP contribution in [-0.4, -0.2) is 36.8 Å². The maximum Gasteiger partial charge on any atom is 0.259 e. The fraction of sp³-hybridized carbons (Fsp3) is 0.267. The van der Waals surface area contributed by atoms with Crippen LogP contribution in [0, 0.1) is 0 Å². The lowest BCUT2D eigenvalue weighted by atomic mass is 10.2. The number of nitrogens with zero attached hydrogens (tertiary/aromatic N) is 1. The minimum atomic E-state index is -3.68. The Hall–Kier alpha value is -2.32. The predicted octanol–water partition coefficient (Wildman–Crippen LogP) is 2.27. The number of rotatable bonds is 6. The summed E-state index contributed by atoms with van der Waals surface area (Å²) in [7, 11) is -3.68. The Kier molecular flexibility index (Phi) is 5.07. The van der Waals surface area contributed by atoms with Gasteiger partial charge in [-0.05, 0) is 24.3 Å². The van der Waals surface area contributed by atoms with Gasteiger partial charge < -0.3 is 14.8 Å². The van der Waals surface area contributed by atoms with E-state index in [4.69, 9.17) is 4.42 Å². The van der Waals surface area contributed by atoms with E-state index in [1.165, 1.54) is 41.1 Å². The van der Waals surface area contributed by atoms with Crippen LogP contribution in [0.1, 0.15) is 24.2 Å². The molecule has 0 radical (unpaired) electrons. The number of phenolic OH excluding ortho intramolecular Hbond substituents is 1. The Morgan fingerprint density at radius 2 is 1.96 bits per heavy atom. The van der Waals surface area contributed by atoms with Crippen molar-refractivity contribution in [2.45, 2.75) is 18.7 Å². The van der Waals surface area contributed by atoms with Gasteiger partial charge in [-0.2, -0.15) is 4.31 Å². The predicted molar refractivity (Wildman–Crippen MR) is 84.9 cm³/mol. The molecule has 7 nitrogen and oxygen atoms in total. The van der Waals surface area contributed by atoms with E-state index in [1.54, 1.807) is 13.8 Å². The highest BCUT2D eigenvalue weighted by molar-refractivity contribution is 7.89. The molecule has 0 aliphatic carbocycles. The van der Waals surface area contributed by atoms with Gasteiger partial charge in [0.25, 0.3) is 5.91 Å². The third-order valence-corrected chi connectivity index (χ3v) is 5.39. The van der Waals surface area contributed by atoms with Gasteiger partial charge in [0.1, 0.15) is 12.0 Å². The molecule has 2 rings (SSSR count). The van der Waals surface area contributed by atoms with Crippen molar-refractivity contribution in [3.63, 3.8) is 0 Å². The monoisotopic (exact) mass is 338 g/mol. The second kappa shape index (κ2) is 6.84. The summed E-state index contributed by atoms with van der Waals surface area (Å²) in [4.78, 5) is 12.0. The lowest BCUT2D eigenvalue weighted by Gasteiger charge is -2.19. The molecule has 0 aliphatic rings. The third kappa shape index (κ3) is 3.54. The summed E-state index contributed by atoms with van der Waals surface area (Å²) in [6, 6.07) is 5.24. The Balaban J connectivity index is 2.34. The van der Waals surface area contributed by atoms with Crippen LogP contribution < -0.4 is 5.32 Å². The highest BCUT2D eigenvalue weighted by atomic mass is 32.2. The fourth-order valence-corrected chi connectivity index (χ4v) is 3.56. The van der Waals surface area contributed by atoms with E-state index in [2.05, 4.69) is 5.32 Å². The maximum atomic E-state index is 12.5. The van der Waals surface area contributed by atoms with E-state index in [0.717, 1.165) is 0 Å². The molecule has 0 aliphatic heterocycles. The van der Waals surface area contributed by atoms with Gasteiger partial charge in [0.05, 0.1) is 22.4 Å². The molecule has 0 fully saturated rings. The van der Waals surface area contributed by atoms with Gasteiger partial charge in [-0.25, -0.2) is 8.42 Å². The summed E-state index contributed by atoms with van der Waals surface area (Å²) in [5.74, 6) is -0.730. The van der Waals surface area contributed by atoms with Gasteiger partial charge >= 0.3 is 0 Å². The topological polar surface area (TPSA) is 99.9 Å². The average molecular weight is 338 g/mol. The molecule has 1 aromatic carbocycles. The molecule has 1 aromatic heterocycles. The minimum Gasteiger partial charge on any atom is -0.506 e. The van der Waals surface area contributed by atoms with Crippen LogP contribution in [0.2, 0.25) is 0 Å². The molecule has 0 spiro atoms. The molecule has 2 aromatic rings. The first-order valence-corrected chi connectivity index (χ1v) is 8.50. The second-order valence-electron chi connectivity index (χ2n) is 4.73. The number of amides is 1. The zero-order chi connectivity index (χ0) is 17.0. The van der Waals surface area contributed by atoms with Crippen LogP contribution in [0.5, 0.6) is 5.75 Å². The number of hydrogen-bond donors (Lipinski definition) is 2. The summed E-state index contributed by atoms with van der Waals surface area (Å²) in [6.45, 7) is 4.14. The molecule has 1 amide bonds. The number of sulfonamides is 1. The molecule has 0 atom stereocenters. The summed E-state index contributed by atoms with van der Waals surface area (Å²) >= 11 is 0. The lowest BCUT2D eigenvalue weighted by molar-refractivity contribution is 0.102. The van der Waals surface area contributed by atoms with Crippen LogP contribution in [0.25, 0.3) is 0 Å². The first-order chi connectivity index (χ1) is 10.9. The zero-order valence-corrected chi connectivity index (χ0v) is 13.6. The number of hydrogen-bond acceptors (Lipinski definition) is 5.